The molecule has 2 N–H and O–H groups in total. The van der Waals surface area contributed by atoms with E-state index < -0.39 is 5.60 Å². The van der Waals surface area contributed by atoms with Crippen LogP contribution in [-0.2, 0) is 6.54 Å². The highest BCUT2D eigenvalue weighted by Gasteiger charge is 2.32. The smallest absolute Gasteiger partial charge is 0.136 e. The first-order chi connectivity index (χ1) is 10.7. The van der Waals surface area contributed by atoms with Crippen LogP contribution >= 0.6 is 0 Å². The number of aliphatic hydroxyl groups is 1. The predicted molar refractivity (Wildman–Crippen MR) is 88.3 cm³/mol. The molecular formula is C20H22NO+. The number of nitrogens with one attached hydrogen (secondary N) is 1. The van der Waals surface area contributed by atoms with Crippen LogP contribution in [0.1, 0.15) is 24.0 Å². The zero-order valence-electron chi connectivity index (χ0n) is 12.8. The molecule has 1 aliphatic heterocycles. The Kier molecular flexibility index (Phi) is 4.58. The Morgan fingerprint density at radius 1 is 0.909 bits per heavy atom. The maximum atomic E-state index is 10.6. The highest BCUT2D eigenvalue weighted by molar-refractivity contribution is 5.36. The Balaban J connectivity index is 1.58. The van der Waals surface area contributed by atoms with Gasteiger partial charge in [-0.3, -0.25) is 0 Å². The number of likely N-dealkylation sites (tertiary alicyclic amines) is 1. The van der Waals surface area contributed by atoms with Crippen molar-refractivity contribution in [3.8, 4) is 11.8 Å². The lowest BCUT2D eigenvalue weighted by Crippen LogP contribution is -3.12. The molecule has 0 unspecified atom stereocenters. The zero-order valence-corrected chi connectivity index (χ0v) is 12.8. The van der Waals surface area contributed by atoms with E-state index in [1.54, 1.807) is 0 Å². The Morgan fingerprint density at radius 2 is 1.50 bits per heavy atom. The van der Waals surface area contributed by atoms with Crippen LogP contribution in [-0.4, -0.2) is 23.8 Å². The molecule has 112 valence electrons. The summed E-state index contributed by atoms with van der Waals surface area (Å²) in [4.78, 5) is 1.53. The third-order valence-electron chi connectivity index (χ3n) is 4.29. The van der Waals surface area contributed by atoms with Crippen LogP contribution in [0.2, 0.25) is 0 Å². The normalized spacial score (nSPS) is 24.3. The maximum Gasteiger partial charge on any atom is 0.136 e. The monoisotopic (exact) mass is 292 g/mol. The molecule has 0 bridgehead atoms. The standard InChI is InChI=1S/C20H21NO/c22-20(12-11-18-7-3-1-4-8-18)13-15-21(16-14-20)17-19-9-5-2-6-10-19/h1-10,22H,13-17H2/p+1. The Bertz CT molecular complexity index is 646. The molecule has 0 atom stereocenters. The number of piperidine rings is 1. The van der Waals surface area contributed by atoms with E-state index in [0.717, 1.165) is 38.0 Å². The number of quaternary nitrogens is 1. The van der Waals surface area contributed by atoms with Gasteiger partial charge in [0, 0.05) is 24.0 Å². The predicted octanol–water partition coefficient (Wildman–Crippen LogP) is 1.65. The molecule has 0 saturated carbocycles. The zero-order chi connectivity index (χ0) is 15.3. The molecule has 0 amide bonds. The molecule has 22 heavy (non-hydrogen) atoms. The van der Waals surface area contributed by atoms with Gasteiger partial charge in [0.05, 0.1) is 13.1 Å². The molecule has 2 heteroatoms. The Hall–Kier alpha value is -2.08. The number of hydrogen-bond donors (Lipinski definition) is 2. The van der Waals surface area contributed by atoms with Gasteiger partial charge in [0.1, 0.15) is 12.1 Å². The summed E-state index contributed by atoms with van der Waals surface area (Å²) in [5, 5.41) is 10.6. The molecule has 2 aromatic carbocycles. The minimum absolute atomic E-state index is 0.745. The van der Waals surface area contributed by atoms with Gasteiger partial charge in [-0.1, -0.05) is 60.4 Å². The van der Waals surface area contributed by atoms with Crippen molar-refractivity contribution in [2.45, 2.75) is 25.0 Å². The fraction of sp³-hybridized carbons (Fsp3) is 0.300. The van der Waals surface area contributed by atoms with E-state index in [1.165, 1.54) is 10.5 Å². The van der Waals surface area contributed by atoms with Crippen molar-refractivity contribution >= 4 is 0 Å². The topological polar surface area (TPSA) is 24.7 Å². The van der Waals surface area contributed by atoms with E-state index >= 15 is 0 Å². The third kappa shape index (κ3) is 3.98. The van der Waals surface area contributed by atoms with Gasteiger partial charge in [-0.25, -0.2) is 0 Å². The fourth-order valence-corrected chi connectivity index (χ4v) is 2.91. The first-order valence-electron chi connectivity index (χ1n) is 7.92. The van der Waals surface area contributed by atoms with Crippen LogP contribution in [0.3, 0.4) is 0 Å². The highest BCUT2D eigenvalue weighted by Crippen LogP contribution is 2.15. The summed E-state index contributed by atoms with van der Waals surface area (Å²) in [5.41, 5.74) is 1.50. The van der Waals surface area contributed by atoms with Crippen LogP contribution in [0.5, 0.6) is 0 Å². The Morgan fingerprint density at radius 3 is 2.14 bits per heavy atom. The maximum absolute atomic E-state index is 10.6. The van der Waals surface area contributed by atoms with Gasteiger partial charge in [-0.15, -0.1) is 0 Å². The minimum atomic E-state index is -0.823. The molecule has 0 spiro atoms. The number of hydrogen-bond acceptors (Lipinski definition) is 1. The molecule has 1 heterocycles. The molecule has 2 nitrogen and oxygen atoms in total. The van der Waals surface area contributed by atoms with E-state index in [9.17, 15) is 5.11 Å². The van der Waals surface area contributed by atoms with E-state index in [1.807, 2.05) is 36.4 Å². The van der Waals surface area contributed by atoms with Crippen LogP contribution < -0.4 is 4.90 Å². The van der Waals surface area contributed by atoms with Crippen molar-refractivity contribution in [3.05, 3.63) is 71.8 Å². The van der Waals surface area contributed by atoms with Gasteiger partial charge in [0.15, 0.2) is 0 Å². The first kappa shape index (κ1) is 14.8. The van der Waals surface area contributed by atoms with Crippen molar-refractivity contribution in [3.63, 3.8) is 0 Å². The summed E-state index contributed by atoms with van der Waals surface area (Å²) in [6.45, 7) is 2.97. The van der Waals surface area contributed by atoms with Gasteiger partial charge in [-0.2, -0.15) is 0 Å². The summed E-state index contributed by atoms with van der Waals surface area (Å²) >= 11 is 0. The van der Waals surface area contributed by atoms with E-state index in [2.05, 4.69) is 36.1 Å². The van der Waals surface area contributed by atoms with Crippen molar-refractivity contribution in [1.82, 2.24) is 0 Å². The Labute approximate surface area is 132 Å². The average molecular weight is 292 g/mol. The molecule has 2 aromatic rings. The summed E-state index contributed by atoms with van der Waals surface area (Å²) in [6, 6.07) is 20.4. The molecule has 1 aliphatic rings. The molecule has 3 rings (SSSR count). The molecule has 0 radical (unpaired) electrons. The van der Waals surface area contributed by atoms with Crippen molar-refractivity contribution in [2.75, 3.05) is 13.1 Å². The fourth-order valence-electron chi connectivity index (χ4n) is 2.91. The van der Waals surface area contributed by atoms with Crippen molar-refractivity contribution in [2.24, 2.45) is 0 Å². The van der Waals surface area contributed by atoms with Crippen molar-refractivity contribution < 1.29 is 10.0 Å². The quantitative estimate of drug-likeness (QED) is 0.808. The number of rotatable bonds is 2. The SMILES string of the molecule is OC1(C#Cc2ccccc2)CC[NH+](Cc2ccccc2)CC1. The lowest BCUT2D eigenvalue weighted by atomic mass is 9.91. The summed E-state index contributed by atoms with van der Waals surface area (Å²) in [6.07, 6.45) is 1.49. The minimum Gasteiger partial charge on any atom is -0.377 e. The van der Waals surface area contributed by atoms with Crippen LogP contribution in [0.25, 0.3) is 0 Å². The summed E-state index contributed by atoms with van der Waals surface area (Å²) in [5.74, 6) is 6.20. The van der Waals surface area contributed by atoms with Crippen LogP contribution in [0.15, 0.2) is 60.7 Å². The molecule has 1 saturated heterocycles. The lowest BCUT2D eigenvalue weighted by molar-refractivity contribution is -0.920. The van der Waals surface area contributed by atoms with Crippen molar-refractivity contribution in [1.29, 1.82) is 0 Å². The van der Waals surface area contributed by atoms with Gasteiger partial charge in [0.2, 0.25) is 0 Å². The lowest BCUT2D eigenvalue weighted by Gasteiger charge is -2.32. The second-order valence-electron chi connectivity index (χ2n) is 6.06. The molecular weight excluding hydrogens is 270 g/mol. The van der Waals surface area contributed by atoms with E-state index in [0.29, 0.717) is 0 Å². The second-order valence-corrected chi connectivity index (χ2v) is 6.06. The van der Waals surface area contributed by atoms with E-state index in [-0.39, 0.29) is 0 Å². The molecule has 1 fully saturated rings. The van der Waals surface area contributed by atoms with Gasteiger partial charge >= 0.3 is 0 Å². The first-order valence-corrected chi connectivity index (χ1v) is 7.92. The van der Waals surface area contributed by atoms with Gasteiger partial charge in [-0.05, 0) is 12.1 Å². The molecule has 0 aromatic heterocycles. The molecule has 0 aliphatic carbocycles. The van der Waals surface area contributed by atoms with Gasteiger partial charge in [0.25, 0.3) is 0 Å². The third-order valence-corrected chi connectivity index (χ3v) is 4.29. The van der Waals surface area contributed by atoms with Crippen LogP contribution in [0, 0.1) is 11.8 Å². The number of benzene rings is 2. The average Bonchev–Trinajstić information content (AvgIpc) is 2.58. The van der Waals surface area contributed by atoms with Gasteiger partial charge < -0.3 is 10.0 Å². The highest BCUT2D eigenvalue weighted by atomic mass is 16.3. The largest absolute Gasteiger partial charge is 0.377 e. The summed E-state index contributed by atoms with van der Waals surface area (Å²) < 4.78 is 0. The van der Waals surface area contributed by atoms with Crippen LogP contribution in [0.4, 0.5) is 0 Å². The second kappa shape index (κ2) is 6.79. The van der Waals surface area contributed by atoms with E-state index in [4.69, 9.17) is 0 Å². The summed E-state index contributed by atoms with van der Waals surface area (Å²) in [7, 11) is 0.